The number of benzene rings is 1. The highest BCUT2D eigenvalue weighted by molar-refractivity contribution is 5.96. The highest BCUT2D eigenvalue weighted by Crippen LogP contribution is 2.25. The molecular formula is C19H15F2N3O2. The van der Waals surface area contributed by atoms with Gasteiger partial charge in [0.25, 0.3) is 5.91 Å². The van der Waals surface area contributed by atoms with Crippen LogP contribution in [0.3, 0.4) is 0 Å². The number of rotatable bonds is 5. The lowest BCUT2D eigenvalue weighted by Gasteiger charge is -2.23. The Kier molecular flexibility index (Phi) is 5.17. The van der Waals surface area contributed by atoms with Gasteiger partial charge in [0, 0.05) is 43.9 Å². The molecule has 0 unspecified atom stereocenters. The fourth-order valence-corrected chi connectivity index (χ4v) is 2.52. The van der Waals surface area contributed by atoms with Crippen molar-refractivity contribution in [2.24, 2.45) is 0 Å². The molecule has 0 aliphatic heterocycles. The lowest BCUT2D eigenvalue weighted by molar-refractivity contribution is 0.0725. The lowest BCUT2D eigenvalue weighted by Crippen LogP contribution is -2.30. The smallest absolute Gasteiger partial charge is 0.258 e. The zero-order chi connectivity index (χ0) is 18.5. The van der Waals surface area contributed by atoms with Gasteiger partial charge in [-0.3, -0.25) is 14.8 Å². The predicted octanol–water partition coefficient (Wildman–Crippen LogP) is 3.30. The molecule has 0 atom stereocenters. The van der Waals surface area contributed by atoms with E-state index in [1.165, 1.54) is 4.90 Å². The number of aromatic nitrogens is 2. The van der Waals surface area contributed by atoms with Gasteiger partial charge >= 0.3 is 0 Å². The molecule has 0 saturated carbocycles. The van der Waals surface area contributed by atoms with Crippen LogP contribution in [0, 0.1) is 11.6 Å². The number of nitrogens with zero attached hydrogens (tertiary/aromatic N) is 3. The van der Waals surface area contributed by atoms with Crippen LogP contribution in [0.4, 0.5) is 8.78 Å². The predicted molar refractivity (Wildman–Crippen MR) is 90.1 cm³/mol. The number of amides is 1. The maximum atomic E-state index is 13.6. The summed E-state index contributed by atoms with van der Waals surface area (Å²) in [6, 6.07) is 8.32. The van der Waals surface area contributed by atoms with Crippen LogP contribution in [0.15, 0.2) is 61.2 Å². The van der Waals surface area contributed by atoms with E-state index >= 15 is 0 Å². The van der Waals surface area contributed by atoms with Gasteiger partial charge < -0.3 is 10.0 Å². The molecule has 132 valence electrons. The molecule has 7 heteroatoms. The van der Waals surface area contributed by atoms with E-state index < -0.39 is 28.9 Å². The van der Waals surface area contributed by atoms with E-state index in [2.05, 4.69) is 9.97 Å². The second-order valence-electron chi connectivity index (χ2n) is 5.66. The van der Waals surface area contributed by atoms with Gasteiger partial charge in [-0.15, -0.1) is 0 Å². The maximum Gasteiger partial charge on any atom is 0.258 e. The van der Waals surface area contributed by atoms with Crippen molar-refractivity contribution in [3.63, 3.8) is 0 Å². The van der Waals surface area contributed by atoms with E-state index in [9.17, 15) is 18.7 Å². The molecule has 0 saturated heterocycles. The van der Waals surface area contributed by atoms with Crippen LogP contribution in [-0.2, 0) is 13.1 Å². The molecule has 0 radical (unpaired) electrons. The Hall–Kier alpha value is -3.35. The Morgan fingerprint density at radius 1 is 1.00 bits per heavy atom. The summed E-state index contributed by atoms with van der Waals surface area (Å²) in [5.74, 6) is -3.68. The first kappa shape index (κ1) is 17.5. The standard InChI is InChI=1S/C19H15F2N3O2/c20-15-8-16(18(25)17(21)9-15)19(26)24(11-13-3-6-22-7-4-13)12-14-2-1-5-23-10-14/h1-10,25H,11-12H2. The SMILES string of the molecule is O=C(c1cc(F)cc(F)c1O)N(Cc1ccncc1)Cc1cccnc1. The summed E-state index contributed by atoms with van der Waals surface area (Å²) in [7, 11) is 0. The molecule has 0 fully saturated rings. The minimum Gasteiger partial charge on any atom is -0.504 e. The second kappa shape index (κ2) is 7.69. The first-order valence-electron chi connectivity index (χ1n) is 7.79. The molecule has 26 heavy (non-hydrogen) atoms. The fraction of sp³-hybridized carbons (Fsp3) is 0.105. The van der Waals surface area contributed by atoms with Crippen LogP contribution >= 0.6 is 0 Å². The lowest BCUT2D eigenvalue weighted by atomic mass is 10.1. The maximum absolute atomic E-state index is 13.6. The van der Waals surface area contributed by atoms with Crippen molar-refractivity contribution in [1.82, 2.24) is 14.9 Å². The third kappa shape index (κ3) is 4.00. The summed E-state index contributed by atoms with van der Waals surface area (Å²) < 4.78 is 27.2. The summed E-state index contributed by atoms with van der Waals surface area (Å²) in [6.07, 6.45) is 6.37. The highest BCUT2D eigenvalue weighted by atomic mass is 19.1. The van der Waals surface area contributed by atoms with Crippen LogP contribution in [0.2, 0.25) is 0 Å². The Labute approximate surface area is 148 Å². The average Bonchev–Trinajstić information content (AvgIpc) is 2.65. The largest absolute Gasteiger partial charge is 0.504 e. The monoisotopic (exact) mass is 355 g/mol. The van der Waals surface area contributed by atoms with Crippen LogP contribution < -0.4 is 0 Å². The molecule has 1 amide bonds. The fourth-order valence-electron chi connectivity index (χ4n) is 2.52. The third-order valence-electron chi connectivity index (χ3n) is 3.76. The molecular weight excluding hydrogens is 340 g/mol. The first-order valence-corrected chi connectivity index (χ1v) is 7.79. The second-order valence-corrected chi connectivity index (χ2v) is 5.66. The quantitative estimate of drug-likeness (QED) is 0.763. The minimum atomic E-state index is -1.18. The van der Waals surface area contributed by atoms with E-state index in [1.54, 1.807) is 49.1 Å². The van der Waals surface area contributed by atoms with Crippen molar-refractivity contribution in [1.29, 1.82) is 0 Å². The molecule has 0 spiro atoms. The Balaban J connectivity index is 1.95. The number of carbonyl (C=O) groups excluding carboxylic acids is 1. The summed E-state index contributed by atoms with van der Waals surface area (Å²) >= 11 is 0. The van der Waals surface area contributed by atoms with E-state index in [0.717, 1.165) is 17.2 Å². The van der Waals surface area contributed by atoms with E-state index in [0.29, 0.717) is 6.07 Å². The molecule has 5 nitrogen and oxygen atoms in total. The molecule has 1 N–H and O–H groups in total. The van der Waals surface area contributed by atoms with Crippen molar-refractivity contribution in [3.05, 3.63) is 89.5 Å². The van der Waals surface area contributed by atoms with E-state index in [-0.39, 0.29) is 13.1 Å². The van der Waals surface area contributed by atoms with E-state index in [4.69, 9.17) is 0 Å². The Bertz CT molecular complexity index is 864. The molecule has 3 rings (SSSR count). The van der Waals surface area contributed by atoms with Crippen LogP contribution in [0.5, 0.6) is 5.75 Å². The first-order chi connectivity index (χ1) is 12.5. The molecule has 0 aliphatic carbocycles. The molecule has 0 bridgehead atoms. The summed E-state index contributed by atoms with van der Waals surface area (Å²) in [6.45, 7) is 0.334. The van der Waals surface area contributed by atoms with E-state index in [1.807, 2.05) is 0 Å². The normalized spacial score (nSPS) is 10.5. The van der Waals surface area contributed by atoms with Gasteiger partial charge in [0.15, 0.2) is 11.6 Å². The number of carbonyl (C=O) groups is 1. The number of phenolic OH excluding ortho intramolecular Hbond substituents is 1. The van der Waals surface area contributed by atoms with Crippen LogP contribution in [0.25, 0.3) is 0 Å². The molecule has 3 aromatic rings. The van der Waals surface area contributed by atoms with Crippen molar-refractivity contribution in [2.45, 2.75) is 13.1 Å². The van der Waals surface area contributed by atoms with Gasteiger partial charge in [-0.2, -0.15) is 0 Å². The number of pyridine rings is 2. The molecule has 2 aromatic heterocycles. The topological polar surface area (TPSA) is 66.3 Å². The zero-order valence-electron chi connectivity index (χ0n) is 13.6. The van der Waals surface area contributed by atoms with Gasteiger partial charge in [0.1, 0.15) is 5.82 Å². The Morgan fingerprint density at radius 3 is 2.42 bits per heavy atom. The van der Waals surface area contributed by atoms with Gasteiger partial charge in [0.05, 0.1) is 5.56 Å². The molecule has 1 aromatic carbocycles. The third-order valence-corrected chi connectivity index (χ3v) is 3.76. The number of hydrogen-bond donors (Lipinski definition) is 1. The van der Waals surface area contributed by atoms with Crippen LogP contribution in [-0.4, -0.2) is 25.9 Å². The number of hydrogen-bond acceptors (Lipinski definition) is 4. The average molecular weight is 355 g/mol. The molecule has 0 aliphatic rings. The Morgan fingerprint density at radius 2 is 1.73 bits per heavy atom. The van der Waals surface area contributed by atoms with Crippen molar-refractivity contribution >= 4 is 5.91 Å². The summed E-state index contributed by atoms with van der Waals surface area (Å²) in [5, 5.41) is 9.86. The van der Waals surface area contributed by atoms with Gasteiger partial charge in [0.2, 0.25) is 0 Å². The minimum absolute atomic E-state index is 0.159. The van der Waals surface area contributed by atoms with Gasteiger partial charge in [-0.1, -0.05) is 6.07 Å². The number of halogens is 2. The molecule has 2 heterocycles. The number of aromatic hydroxyl groups is 1. The van der Waals surface area contributed by atoms with Crippen molar-refractivity contribution < 1.29 is 18.7 Å². The van der Waals surface area contributed by atoms with Gasteiger partial charge in [-0.25, -0.2) is 8.78 Å². The van der Waals surface area contributed by atoms with Crippen LogP contribution in [0.1, 0.15) is 21.5 Å². The highest BCUT2D eigenvalue weighted by Gasteiger charge is 2.23. The van der Waals surface area contributed by atoms with Gasteiger partial charge in [-0.05, 0) is 35.4 Å². The zero-order valence-corrected chi connectivity index (χ0v) is 13.6. The van der Waals surface area contributed by atoms with Crippen molar-refractivity contribution in [3.8, 4) is 5.75 Å². The summed E-state index contributed by atoms with van der Waals surface area (Å²) in [5.41, 5.74) is 1.10. The number of phenols is 1. The summed E-state index contributed by atoms with van der Waals surface area (Å²) in [4.78, 5) is 22.2. The van der Waals surface area contributed by atoms with Crippen molar-refractivity contribution in [2.75, 3.05) is 0 Å².